The van der Waals surface area contributed by atoms with Gasteiger partial charge >= 0.3 is 0 Å². The molecule has 0 aliphatic carbocycles. The van der Waals surface area contributed by atoms with E-state index >= 15 is 0 Å². The molecule has 0 saturated carbocycles. The Balaban J connectivity index is 1.51. The van der Waals surface area contributed by atoms with Crippen LogP contribution in [0.1, 0.15) is 69.1 Å². The number of likely N-dealkylation sites (tertiary alicyclic amines) is 1. The number of nitrogens with zero attached hydrogens (tertiary/aromatic N) is 4. The summed E-state index contributed by atoms with van der Waals surface area (Å²) in [5.41, 5.74) is 1.79. The van der Waals surface area contributed by atoms with Gasteiger partial charge in [0.25, 0.3) is 0 Å². The van der Waals surface area contributed by atoms with Crippen LogP contribution in [0.15, 0.2) is 33.2 Å². The van der Waals surface area contributed by atoms with Crippen molar-refractivity contribution in [2.24, 2.45) is 0 Å². The number of para-hydroxylation sites is 2. The molecule has 0 unspecified atom stereocenters. The van der Waals surface area contributed by atoms with Crippen LogP contribution >= 0.6 is 0 Å². The van der Waals surface area contributed by atoms with E-state index < -0.39 is 0 Å². The summed E-state index contributed by atoms with van der Waals surface area (Å²) in [4.78, 5) is 11.6. The van der Waals surface area contributed by atoms with Crippen molar-refractivity contribution in [3.8, 4) is 0 Å². The van der Waals surface area contributed by atoms with Crippen molar-refractivity contribution in [2.75, 3.05) is 13.1 Å². The molecule has 25 heavy (non-hydrogen) atoms. The van der Waals surface area contributed by atoms with E-state index in [1.54, 1.807) is 0 Å². The second-order valence-electron chi connectivity index (χ2n) is 7.18. The molecule has 6 heteroatoms. The second-order valence-corrected chi connectivity index (χ2v) is 7.18. The van der Waals surface area contributed by atoms with Gasteiger partial charge in [-0.25, -0.2) is 4.98 Å². The summed E-state index contributed by atoms with van der Waals surface area (Å²) in [5.74, 6) is 2.89. The highest BCUT2D eigenvalue weighted by molar-refractivity contribution is 5.72. The van der Waals surface area contributed by atoms with E-state index in [1.165, 1.54) is 0 Å². The van der Waals surface area contributed by atoms with Gasteiger partial charge in [0, 0.05) is 18.4 Å². The van der Waals surface area contributed by atoms with Crippen molar-refractivity contribution >= 4 is 11.1 Å². The van der Waals surface area contributed by atoms with Gasteiger partial charge in [-0.05, 0) is 38.4 Å². The number of hydrogen-bond acceptors (Lipinski definition) is 6. The van der Waals surface area contributed by atoms with E-state index in [0.29, 0.717) is 11.8 Å². The summed E-state index contributed by atoms with van der Waals surface area (Å²) < 4.78 is 11.5. The van der Waals surface area contributed by atoms with Crippen LogP contribution in [0.5, 0.6) is 0 Å². The lowest BCUT2D eigenvalue weighted by molar-refractivity contribution is 0.126. The summed E-state index contributed by atoms with van der Waals surface area (Å²) in [5, 5.41) is 4.09. The predicted octanol–water partition coefficient (Wildman–Crippen LogP) is 4.27. The molecule has 3 aromatic rings. The van der Waals surface area contributed by atoms with E-state index in [1.807, 2.05) is 24.3 Å². The minimum atomic E-state index is 0.104. The van der Waals surface area contributed by atoms with Crippen molar-refractivity contribution in [1.82, 2.24) is 20.0 Å². The normalized spacial score (nSPS) is 20.4. The third-order valence-corrected chi connectivity index (χ3v) is 4.99. The Morgan fingerprint density at radius 1 is 1.16 bits per heavy atom. The van der Waals surface area contributed by atoms with Crippen LogP contribution in [-0.2, 0) is 0 Å². The van der Waals surface area contributed by atoms with Crippen LogP contribution in [-0.4, -0.2) is 33.1 Å². The van der Waals surface area contributed by atoms with Gasteiger partial charge in [-0.15, -0.1) is 0 Å². The largest absolute Gasteiger partial charge is 0.440 e. The summed E-state index contributed by atoms with van der Waals surface area (Å²) in [7, 11) is 0. The summed E-state index contributed by atoms with van der Waals surface area (Å²) in [6.45, 7) is 8.20. The first-order chi connectivity index (χ1) is 12.1. The van der Waals surface area contributed by atoms with E-state index in [-0.39, 0.29) is 12.0 Å². The Morgan fingerprint density at radius 2 is 2.00 bits per heavy atom. The second kappa shape index (κ2) is 6.59. The minimum Gasteiger partial charge on any atom is -0.440 e. The molecule has 0 N–H and O–H groups in total. The standard InChI is InChI=1S/C19H24N4O2/c1-12(2)17-21-18(25-22-17)13(3)23-10-6-7-14(11-23)19-20-15-8-4-5-9-16(15)24-19/h4-5,8-9,12-14H,6-7,10-11H2,1-3H3/t13-,14+/m0/s1. The van der Waals surface area contributed by atoms with Gasteiger partial charge in [-0.1, -0.05) is 31.1 Å². The number of fused-ring (bicyclic) bond motifs is 1. The molecule has 6 nitrogen and oxygen atoms in total. The Hall–Kier alpha value is -2.21. The van der Waals surface area contributed by atoms with Gasteiger partial charge < -0.3 is 8.94 Å². The smallest absolute Gasteiger partial charge is 0.243 e. The maximum absolute atomic E-state index is 5.99. The molecule has 0 amide bonds. The van der Waals surface area contributed by atoms with Crippen LogP contribution in [0.4, 0.5) is 0 Å². The van der Waals surface area contributed by atoms with Gasteiger partial charge in [0.2, 0.25) is 5.89 Å². The molecule has 0 radical (unpaired) electrons. The maximum Gasteiger partial charge on any atom is 0.243 e. The molecule has 132 valence electrons. The van der Waals surface area contributed by atoms with Crippen LogP contribution < -0.4 is 0 Å². The van der Waals surface area contributed by atoms with Crippen molar-refractivity contribution < 1.29 is 8.94 Å². The molecule has 0 bridgehead atoms. The minimum absolute atomic E-state index is 0.104. The Morgan fingerprint density at radius 3 is 2.76 bits per heavy atom. The molecular weight excluding hydrogens is 316 g/mol. The first kappa shape index (κ1) is 16.3. The first-order valence-corrected chi connectivity index (χ1v) is 9.05. The van der Waals surface area contributed by atoms with Crippen LogP contribution in [0.25, 0.3) is 11.1 Å². The number of piperidine rings is 1. The van der Waals surface area contributed by atoms with Crippen molar-refractivity contribution in [3.63, 3.8) is 0 Å². The zero-order chi connectivity index (χ0) is 17.4. The van der Waals surface area contributed by atoms with E-state index in [9.17, 15) is 0 Å². The fourth-order valence-electron chi connectivity index (χ4n) is 3.43. The molecule has 1 aliphatic heterocycles. The number of oxazole rings is 1. The molecule has 1 fully saturated rings. The lowest BCUT2D eigenvalue weighted by Gasteiger charge is -2.34. The van der Waals surface area contributed by atoms with Gasteiger partial charge in [-0.2, -0.15) is 4.98 Å². The highest BCUT2D eigenvalue weighted by Gasteiger charge is 2.30. The van der Waals surface area contributed by atoms with Crippen LogP contribution in [0.2, 0.25) is 0 Å². The number of hydrogen-bond donors (Lipinski definition) is 0. The van der Waals surface area contributed by atoms with Crippen LogP contribution in [0, 0.1) is 0 Å². The van der Waals surface area contributed by atoms with Crippen molar-refractivity contribution in [1.29, 1.82) is 0 Å². The molecule has 3 heterocycles. The number of benzene rings is 1. The summed E-state index contributed by atoms with van der Waals surface area (Å²) in [6, 6.07) is 8.05. The third kappa shape index (κ3) is 3.18. The molecule has 1 aromatic carbocycles. The lowest BCUT2D eigenvalue weighted by Crippen LogP contribution is -2.36. The van der Waals surface area contributed by atoms with Crippen molar-refractivity contribution in [2.45, 2.75) is 51.5 Å². The average molecular weight is 340 g/mol. The maximum atomic E-state index is 5.99. The highest BCUT2D eigenvalue weighted by atomic mass is 16.5. The van der Waals surface area contributed by atoms with E-state index in [2.05, 4.69) is 40.8 Å². The lowest BCUT2D eigenvalue weighted by atomic mass is 9.97. The molecular formula is C19H24N4O2. The SMILES string of the molecule is CC(C)c1noc([C@H](C)N2CCC[C@@H](c3nc4ccccc4o3)C2)n1. The van der Waals surface area contributed by atoms with Gasteiger partial charge in [-0.3, -0.25) is 4.90 Å². The quantitative estimate of drug-likeness (QED) is 0.706. The van der Waals surface area contributed by atoms with E-state index in [4.69, 9.17) is 8.94 Å². The average Bonchev–Trinajstić information content (AvgIpc) is 3.28. The number of aromatic nitrogens is 3. The molecule has 2 aromatic heterocycles. The Kier molecular flexibility index (Phi) is 4.29. The summed E-state index contributed by atoms with van der Waals surface area (Å²) >= 11 is 0. The monoisotopic (exact) mass is 340 g/mol. The van der Waals surface area contributed by atoms with Gasteiger partial charge in [0.15, 0.2) is 17.3 Å². The number of rotatable bonds is 4. The molecule has 1 aliphatic rings. The molecule has 1 saturated heterocycles. The molecule has 0 spiro atoms. The van der Waals surface area contributed by atoms with Crippen molar-refractivity contribution in [3.05, 3.63) is 41.9 Å². The fraction of sp³-hybridized carbons (Fsp3) is 0.526. The highest BCUT2D eigenvalue weighted by Crippen LogP contribution is 2.32. The Bertz CT molecular complexity index is 821. The van der Waals surface area contributed by atoms with E-state index in [0.717, 1.165) is 48.7 Å². The summed E-state index contributed by atoms with van der Waals surface area (Å²) in [6.07, 6.45) is 2.20. The first-order valence-electron chi connectivity index (χ1n) is 9.05. The van der Waals surface area contributed by atoms with Crippen LogP contribution in [0.3, 0.4) is 0 Å². The topological polar surface area (TPSA) is 68.2 Å². The Labute approximate surface area is 147 Å². The third-order valence-electron chi connectivity index (χ3n) is 4.99. The van der Waals surface area contributed by atoms with Gasteiger partial charge in [0.05, 0.1) is 6.04 Å². The van der Waals surface area contributed by atoms with Gasteiger partial charge in [0.1, 0.15) is 5.52 Å². The molecule has 2 atom stereocenters. The zero-order valence-corrected chi connectivity index (χ0v) is 15.0. The fourth-order valence-corrected chi connectivity index (χ4v) is 3.43. The molecule has 4 rings (SSSR count). The predicted molar refractivity (Wildman–Crippen MR) is 94.4 cm³/mol. The zero-order valence-electron chi connectivity index (χ0n) is 15.0.